The van der Waals surface area contributed by atoms with Crippen molar-refractivity contribution in [2.75, 3.05) is 0 Å². The molecule has 1 aliphatic carbocycles. The van der Waals surface area contributed by atoms with Crippen LogP contribution < -0.4 is 5.32 Å². The van der Waals surface area contributed by atoms with E-state index in [0.717, 1.165) is 31.2 Å². The molecule has 0 atom stereocenters. The van der Waals surface area contributed by atoms with Crippen LogP contribution in [-0.4, -0.2) is 22.6 Å². The van der Waals surface area contributed by atoms with Gasteiger partial charge in [0.2, 0.25) is 5.90 Å². The maximum absolute atomic E-state index is 11.9. The molecule has 136 valence electrons. The zero-order valence-corrected chi connectivity index (χ0v) is 15.2. The molecule has 1 amide bonds. The van der Waals surface area contributed by atoms with Crippen LogP contribution in [0, 0.1) is 11.3 Å². The lowest BCUT2D eigenvalue weighted by atomic mass is 9.68. The fourth-order valence-electron chi connectivity index (χ4n) is 3.64. The molecule has 25 heavy (non-hydrogen) atoms. The van der Waals surface area contributed by atoms with Crippen molar-refractivity contribution in [3.05, 3.63) is 30.1 Å². The highest BCUT2D eigenvalue weighted by atomic mass is 16.7. The van der Waals surface area contributed by atoms with E-state index in [0.29, 0.717) is 30.2 Å². The molecule has 3 rings (SSSR count). The minimum Gasteiger partial charge on any atom is -0.392 e. The molecule has 2 aliphatic rings. The number of hydrogen-bond acceptors (Lipinski definition) is 5. The molecule has 1 aromatic heterocycles. The third-order valence-electron chi connectivity index (χ3n) is 5.33. The predicted octanol–water partition coefficient (Wildman–Crippen LogP) is 4.02. The molecule has 1 saturated carbocycles. The van der Waals surface area contributed by atoms with Crippen molar-refractivity contribution in [3.8, 4) is 0 Å². The Balaban J connectivity index is 1.44. The molecule has 1 aromatic rings. The first-order valence-corrected chi connectivity index (χ1v) is 8.96. The molecule has 1 N–H and O–H groups in total. The molecule has 0 unspecified atom stereocenters. The van der Waals surface area contributed by atoms with Crippen LogP contribution in [0.15, 0.2) is 29.7 Å². The van der Waals surface area contributed by atoms with Gasteiger partial charge in [-0.05, 0) is 54.7 Å². The Morgan fingerprint density at radius 1 is 1.32 bits per heavy atom. The lowest BCUT2D eigenvalue weighted by molar-refractivity contribution is -0.0640. The second-order valence-corrected chi connectivity index (χ2v) is 8.17. The number of carbonyl (C=O) groups is 1. The molecule has 0 aromatic carbocycles. The fraction of sp³-hybridized carbons (Fsp3) is 0.632. The lowest BCUT2D eigenvalue weighted by Crippen LogP contribution is -2.38. The highest BCUT2D eigenvalue weighted by Gasteiger charge is 2.45. The van der Waals surface area contributed by atoms with Crippen LogP contribution in [0.2, 0.25) is 0 Å². The van der Waals surface area contributed by atoms with E-state index in [2.05, 4.69) is 36.2 Å². The van der Waals surface area contributed by atoms with Gasteiger partial charge in [0.25, 0.3) is 0 Å². The van der Waals surface area contributed by atoms with Crippen molar-refractivity contribution in [3.63, 3.8) is 0 Å². The quantitative estimate of drug-likeness (QED) is 0.879. The minimum atomic E-state index is -0.500. The molecule has 0 radical (unpaired) electrons. The Morgan fingerprint density at radius 2 is 2.00 bits per heavy atom. The topological polar surface area (TPSA) is 72.8 Å². The van der Waals surface area contributed by atoms with E-state index in [1.54, 1.807) is 12.4 Å². The molecule has 6 heteroatoms. The first-order chi connectivity index (χ1) is 11.9. The summed E-state index contributed by atoms with van der Waals surface area (Å²) in [6.45, 7) is 7.28. The van der Waals surface area contributed by atoms with Gasteiger partial charge in [0, 0.05) is 18.9 Å². The first kappa shape index (κ1) is 17.7. The van der Waals surface area contributed by atoms with Crippen LogP contribution in [0.1, 0.15) is 58.4 Å². The van der Waals surface area contributed by atoms with E-state index >= 15 is 0 Å². The van der Waals surface area contributed by atoms with Crippen LogP contribution >= 0.6 is 0 Å². The third kappa shape index (κ3) is 4.50. The van der Waals surface area contributed by atoms with Gasteiger partial charge < -0.3 is 14.9 Å². The number of aromatic nitrogens is 1. The number of hydrogen-bond donors (Lipinski definition) is 1. The molecule has 2 heterocycles. The number of amides is 1. The predicted molar refractivity (Wildman–Crippen MR) is 94.8 cm³/mol. The maximum Gasteiger partial charge on any atom is 0.414 e. The standard InChI is InChI=1S/C19H27N3O3/c1-18(2,3)15-4-8-19(9-5-15)12-16(22-25-19)24-17(23)21-13-14-6-10-20-11-7-14/h6-7,10-11,15H,4-5,8-9,12-13H2,1-3H3,(H,21,23)/t15-,19+. The summed E-state index contributed by atoms with van der Waals surface area (Å²) in [6, 6.07) is 3.69. The summed E-state index contributed by atoms with van der Waals surface area (Å²) in [5, 5.41) is 6.74. The SMILES string of the molecule is CC(C)(C)[C@H]1CC[C@@]2(CC1)CC(OC(=O)NCc1ccncc1)=NO2. The number of ether oxygens (including phenoxy) is 1. The van der Waals surface area contributed by atoms with Crippen molar-refractivity contribution in [1.29, 1.82) is 0 Å². The van der Waals surface area contributed by atoms with Crippen LogP contribution in [-0.2, 0) is 16.1 Å². The van der Waals surface area contributed by atoms with E-state index in [4.69, 9.17) is 9.57 Å². The smallest absolute Gasteiger partial charge is 0.392 e. The van der Waals surface area contributed by atoms with Crippen LogP contribution in [0.4, 0.5) is 4.79 Å². The van der Waals surface area contributed by atoms with Crippen LogP contribution in [0.25, 0.3) is 0 Å². The van der Waals surface area contributed by atoms with Gasteiger partial charge in [-0.15, -0.1) is 0 Å². The van der Waals surface area contributed by atoms with Gasteiger partial charge in [0.05, 0.1) is 6.42 Å². The van der Waals surface area contributed by atoms with Crippen LogP contribution in [0.3, 0.4) is 0 Å². The van der Waals surface area contributed by atoms with Gasteiger partial charge in [0.15, 0.2) is 0 Å². The van der Waals surface area contributed by atoms with E-state index in [-0.39, 0.29) is 5.60 Å². The summed E-state index contributed by atoms with van der Waals surface area (Å²) in [4.78, 5) is 21.6. The van der Waals surface area contributed by atoms with Crippen molar-refractivity contribution in [2.24, 2.45) is 16.5 Å². The van der Waals surface area contributed by atoms with Crippen molar-refractivity contribution >= 4 is 12.0 Å². The average molecular weight is 345 g/mol. The van der Waals surface area contributed by atoms with E-state index in [9.17, 15) is 4.79 Å². The largest absolute Gasteiger partial charge is 0.414 e. The molecule has 0 saturated heterocycles. The highest BCUT2D eigenvalue weighted by molar-refractivity contribution is 5.89. The van der Waals surface area contributed by atoms with Gasteiger partial charge >= 0.3 is 6.09 Å². The van der Waals surface area contributed by atoms with Crippen LogP contribution in [0.5, 0.6) is 0 Å². The Hall–Kier alpha value is -2.11. The van der Waals surface area contributed by atoms with Gasteiger partial charge in [-0.25, -0.2) is 4.79 Å². The minimum absolute atomic E-state index is 0.275. The number of nitrogens with one attached hydrogen (secondary N) is 1. The number of alkyl carbamates (subject to hydrolysis) is 1. The number of pyridine rings is 1. The number of oxime groups is 1. The summed E-state index contributed by atoms with van der Waals surface area (Å²) < 4.78 is 5.31. The molecule has 0 bridgehead atoms. The lowest BCUT2D eigenvalue weighted by Gasteiger charge is -2.40. The van der Waals surface area contributed by atoms with Crippen molar-refractivity contribution in [1.82, 2.24) is 10.3 Å². The Morgan fingerprint density at radius 3 is 2.64 bits per heavy atom. The van der Waals surface area contributed by atoms with E-state index in [1.165, 1.54) is 0 Å². The van der Waals surface area contributed by atoms with E-state index < -0.39 is 6.09 Å². The normalized spacial score (nSPS) is 26.0. The second-order valence-electron chi connectivity index (χ2n) is 8.17. The summed E-state index contributed by atoms with van der Waals surface area (Å²) in [5.74, 6) is 1.08. The van der Waals surface area contributed by atoms with Crippen molar-refractivity contribution in [2.45, 2.75) is 65.0 Å². The summed E-state index contributed by atoms with van der Waals surface area (Å²) >= 11 is 0. The average Bonchev–Trinajstić information content (AvgIpc) is 2.95. The monoisotopic (exact) mass is 345 g/mol. The third-order valence-corrected chi connectivity index (χ3v) is 5.33. The summed E-state index contributed by atoms with van der Waals surface area (Å²) in [6.07, 6.45) is 7.63. The van der Waals surface area contributed by atoms with E-state index in [1.807, 2.05) is 12.1 Å². The summed E-state index contributed by atoms with van der Waals surface area (Å²) in [7, 11) is 0. The molecule has 1 spiro atoms. The number of rotatable bonds is 2. The molecule has 1 aliphatic heterocycles. The first-order valence-electron chi connectivity index (χ1n) is 8.96. The molecule has 1 fully saturated rings. The number of nitrogens with zero attached hydrogens (tertiary/aromatic N) is 2. The van der Waals surface area contributed by atoms with Gasteiger partial charge in [0.1, 0.15) is 5.60 Å². The molecular weight excluding hydrogens is 318 g/mol. The highest BCUT2D eigenvalue weighted by Crippen LogP contribution is 2.46. The Kier molecular flexibility index (Phi) is 4.97. The van der Waals surface area contributed by atoms with Gasteiger partial charge in [-0.3, -0.25) is 4.98 Å². The summed E-state index contributed by atoms with van der Waals surface area (Å²) in [5.41, 5.74) is 1.02. The number of carbonyl (C=O) groups excluding carboxylic acids is 1. The second kappa shape index (κ2) is 7.02. The zero-order valence-electron chi connectivity index (χ0n) is 15.2. The Bertz CT molecular complexity index is 629. The maximum atomic E-state index is 11.9. The van der Waals surface area contributed by atoms with Gasteiger partial charge in [-0.1, -0.05) is 25.9 Å². The fourth-order valence-corrected chi connectivity index (χ4v) is 3.64. The zero-order chi connectivity index (χ0) is 17.9. The van der Waals surface area contributed by atoms with Crippen molar-refractivity contribution < 1.29 is 14.4 Å². The molecular formula is C19H27N3O3. The Labute approximate surface area is 149 Å². The molecule has 6 nitrogen and oxygen atoms in total. The van der Waals surface area contributed by atoms with Gasteiger partial charge in [-0.2, -0.15) is 0 Å².